The van der Waals surface area contributed by atoms with E-state index < -0.39 is 0 Å². The minimum Gasteiger partial charge on any atom is -0.379 e. The molecule has 1 amide bonds. The standard InChI is InChI=1S/C16H32N2O2/c1-14(2)20-13-7-9-17-8-6-10-18(12-11-17)15(19)16(3,4)5/h14H,6-13H2,1-5H3. The lowest BCUT2D eigenvalue weighted by atomic mass is 9.94. The average molecular weight is 284 g/mol. The van der Waals surface area contributed by atoms with Gasteiger partial charge in [-0.15, -0.1) is 0 Å². The van der Waals surface area contributed by atoms with Crippen LogP contribution in [-0.4, -0.2) is 61.1 Å². The van der Waals surface area contributed by atoms with E-state index in [1.807, 2.05) is 25.7 Å². The van der Waals surface area contributed by atoms with Crippen molar-refractivity contribution in [3.63, 3.8) is 0 Å². The number of nitrogens with zero attached hydrogens (tertiary/aromatic N) is 2. The van der Waals surface area contributed by atoms with Crippen molar-refractivity contribution in [2.45, 2.75) is 53.6 Å². The lowest BCUT2D eigenvalue weighted by Crippen LogP contribution is -2.41. The van der Waals surface area contributed by atoms with Crippen molar-refractivity contribution in [3.05, 3.63) is 0 Å². The fourth-order valence-corrected chi connectivity index (χ4v) is 2.48. The van der Waals surface area contributed by atoms with Crippen LogP contribution in [0.25, 0.3) is 0 Å². The van der Waals surface area contributed by atoms with E-state index in [2.05, 4.69) is 18.7 Å². The normalized spacial score (nSPS) is 18.4. The van der Waals surface area contributed by atoms with Gasteiger partial charge in [-0.25, -0.2) is 0 Å². The summed E-state index contributed by atoms with van der Waals surface area (Å²) in [5.74, 6) is 0.280. The number of hydrogen-bond acceptors (Lipinski definition) is 3. The van der Waals surface area contributed by atoms with Crippen molar-refractivity contribution in [2.24, 2.45) is 5.41 Å². The first-order valence-corrected chi connectivity index (χ1v) is 7.94. The van der Waals surface area contributed by atoms with Crippen molar-refractivity contribution in [1.29, 1.82) is 0 Å². The molecule has 118 valence electrons. The Hall–Kier alpha value is -0.610. The molecule has 0 radical (unpaired) electrons. The molecule has 0 atom stereocenters. The third-order valence-electron chi connectivity index (χ3n) is 3.59. The molecule has 0 aliphatic carbocycles. The molecule has 4 nitrogen and oxygen atoms in total. The van der Waals surface area contributed by atoms with E-state index in [0.29, 0.717) is 6.10 Å². The molecule has 20 heavy (non-hydrogen) atoms. The molecule has 0 bridgehead atoms. The molecular weight excluding hydrogens is 252 g/mol. The smallest absolute Gasteiger partial charge is 0.227 e. The number of hydrogen-bond donors (Lipinski definition) is 0. The highest BCUT2D eigenvalue weighted by atomic mass is 16.5. The SMILES string of the molecule is CC(C)OCCCN1CCCN(C(=O)C(C)(C)C)CC1. The predicted octanol–water partition coefficient (Wildman–Crippen LogP) is 2.38. The van der Waals surface area contributed by atoms with Crippen molar-refractivity contribution in [3.8, 4) is 0 Å². The second kappa shape index (κ2) is 7.99. The van der Waals surface area contributed by atoms with Gasteiger partial charge in [0.15, 0.2) is 0 Å². The highest BCUT2D eigenvalue weighted by molar-refractivity contribution is 5.81. The van der Waals surface area contributed by atoms with Gasteiger partial charge in [-0.3, -0.25) is 4.79 Å². The van der Waals surface area contributed by atoms with Gasteiger partial charge in [0.2, 0.25) is 5.91 Å². The monoisotopic (exact) mass is 284 g/mol. The Morgan fingerprint density at radius 2 is 1.85 bits per heavy atom. The van der Waals surface area contributed by atoms with Gasteiger partial charge >= 0.3 is 0 Å². The third-order valence-corrected chi connectivity index (χ3v) is 3.59. The third kappa shape index (κ3) is 6.23. The Bertz CT molecular complexity index is 297. The summed E-state index contributed by atoms with van der Waals surface area (Å²) in [6.07, 6.45) is 2.47. The maximum absolute atomic E-state index is 12.3. The van der Waals surface area contributed by atoms with E-state index in [1.54, 1.807) is 0 Å². The summed E-state index contributed by atoms with van der Waals surface area (Å²) in [5, 5.41) is 0. The Labute approximate surface area is 124 Å². The molecule has 1 saturated heterocycles. The van der Waals surface area contributed by atoms with Gasteiger partial charge in [0.25, 0.3) is 0 Å². The zero-order chi connectivity index (χ0) is 15.2. The van der Waals surface area contributed by atoms with Crippen molar-refractivity contribution in [2.75, 3.05) is 39.3 Å². The maximum Gasteiger partial charge on any atom is 0.227 e. The highest BCUT2D eigenvalue weighted by Crippen LogP contribution is 2.18. The summed E-state index contributed by atoms with van der Waals surface area (Å²) in [7, 11) is 0. The predicted molar refractivity (Wildman–Crippen MR) is 82.8 cm³/mol. The number of ether oxygens (including phenoxy) is 1. The summed E-state index contributed by atoms with van der Waals surface area (Å²) < 4.78 is 5.58. The molecule has 0 unspecified atom stereocenters. The molecular formula is C16H32N2O2. The van der Waals surface area contributed by atoms with Crippen LogP contribution in [0.3, 0.4) is 0 Å². The maximum atomic E-state index is 12.3. The summed E-state index contributed by atoms with van der Waals surface area (Å²) in [6.45, 7) is 15.9. The minimum absolute atomic E-state index is 0.264. The summed E-state index contributed by atoms with van der Waals surface area (Å²) in [6, 6.07) is 0. The van der Waals surface area contributed by atoms with E-state index in [4.69, 9.17) is 4.74 Å². The van der Waals surface area contributed by atoms with Gasteiger partial charge < -0.3 is 14.5 Å². The van der Waals surface area contributed by atoms with Crippen LogP contribution in [0, 0.1) is 5.41 Å². The van der Waals surface area contributed by atoms with Crippen LogP contribution in [0.4, 0.5) is 0 Å². The van der Waals surface area contributed by atoms with Gasteiger partial charge in [0, 0.05) is 38.2 Å². The molecule has 4 heteroatoms. The number of rotatable bonds is 5. The molecule has 0 N–H and O–H groups in total. The van der Waals surface area contributed by atoms with E-state index in [0.717, 1.165) is 52.2 Å². The van der Waals surface area contributed by atoms with Crippen molar-refractivity contribution < 1.29 is 9.53 Å². The second-order valence-corrected chi connectivity index (χ2v) is 7.01. The van der Waals surface area contributed by atoms with Crippen LogP contribution in [0.2, 0.25) is 0 Å². The molecule has 1 aliphatic heterocycles. The molecule has 0 aromatic heterocycles. The molecule has 1 heterocycles. The molecule has 0 spiro atoms. The largest absolute Gasteiger partial charge is 0.379 e. The Balaban J connectivity index is 2.31. The summed E-state index contributed by atoms with van der Waals surface area (Å²) >= 11 is 0. The van der Waals surface area contributed by atoms with Gasteiger partial charge in [0.05, 0.1) is 6.10 Å². The lowest BCUT2D eigenvalue weighted by molar-refractivity contribution is -0.139. The summed E-state index contributed by atoms with van der Waals surface area (Å²) in [4.78, 5) is 16.8. The minimum atomic E-state index is -0.264. The first-order valence-electron chi connectivity index (χ1n) is 7.94. The van der Waals surface area contributed by atoms with E-state index in [1.165, 1.54) is 0 Å². The van der Waals surface area contributed by atoms with Crippen molar-refractivity contribution in [1.82, 2.24) is 9.80 Å². The summed E-state index contributed by atoms with van der Waals surface area (Å²) in [5.41, 5.74) is -0.264. The molecule has 1 rings (SSSR count). The molecule has 0 aromatic rings. The van der Waals surface area contributed by atoms with E-state index in [-0.39, 0.29) is 11.3 Å². The molecule has 1 aliphatic rings. The quantitative estimate of drug-likeness (QED) is 0.727. The van der Waals surface area contributed by atoms with Crippen LogP contribution in [-0.2, 0) is 9.53 Å². The number of carbonyl (C=O) groups excluding carboxylic acids is 1. The highest BCUT2D eigenvalue weighted by Gasteiger charge is 2.28. The van der Waals surface area contributed by atoms with Crippen LogP contribution in [0.15, 0.2) is 0 Å². The average Bonchev–Trinajstić information content (AvgIpc) is 2.58. The fourth-order valence-electron chi connectivity index (χ4n) is 2.48. The lowest BCUT2D eigenvalue weighted by Gasteiger charge is -2.28. The zero-order valence-corrected chi connectivity index (χ0v) is 13.9. The first kappa shape index (κ1) is 17.4. The number of carbonyl (C=O) groups is 1. The van der Waals surface area contributed by atoms with Crippen molar-refractivity contribution >= 4 is 5.91 Å². The Kier molecular flexibility index (Phi) is 6.96. The van der Waals surface area contributed by atoms with Crippen LogP contribution >= 0.6 is 0 Å². The van der Waals surface area contributed by atoms with Gasteiger partial charge in [-0.05, 0) is 33.2 Å². The zero-order valence-electron chi connectivity index (χ0n) is 13.9. The second-order valence-electron chi connectivity index (χ2n) is 7.01. The van der Waals surface area contributed by atoms with E-state index >= 15 is 0 Å². The van der Waals surface area contributed by atoms with Crippen LogP contribution in [0.1, 0.15) is 47.5 Å². The van der Waals surface area contributed by atoms with Gasteiger partial charge in [0.1, 0.15) is 0 Å². The fraction of sp³-hybridized carbons (Fsp3) is 0.938. The molecule has 1 fully saturated rings. The van der Waals surface area contributed by atoms with Gasteiger partial charge in [-0.2, -0.15) is 0 Å². The van der Waals surface area contributed by atoms with Gasteiger partial charge in [-0.1, -0.05) is 20.8 Å². The molecule has 0 aromatic carbocycles. The Morgan fingerprint density at radius 1 is 1.15 bits per heavy atom. The first-order chi connectivity index (χ1) is 9.30. The van der Waals surface area contributed by atoms with E-state index in [9.17, 15) is 4.79 Å². The van der Waals surface area contributed by atoms with Crippen LogP contribution < -0.4 is 0 Å². The number of amides is 1. The topological polar surface area (TPSA) is 32.8 Å². The van der Waals surface area contributed by atoms with Crippen LogP contribution in [0.5, 0.6) is 0 Å². The molecule has 0 saturated carbocycles. The Morgan fingerprint density at radius 3 is 2.45 bits per heavy atom.